The van der Waals surface area contributed by atoms with Crippen molar-refractivity contribution in [2.24, 2.45) is 11.3 Å². The summed E-state index contributed by atoms with van der Waals surface area (Å²) in [4.78, 5) is 13.3. The van der Waals surface area contributed by atoms with Gasteiger partial charge in [-0.2, -0.15) is 5.26 Å². The maximum absolute atomic E-state index is 11.5. The van der Waals surface area contributed by atoms with E-state index in [1.165, 1.54) is 0 Å². The molecule has 0 spiro atoms. The number of nitriles is 1. The number of hydrogen-bond donors (Lipinski definition) is 0. The molecule has 1 amide bonds. The van der Waals surface area contributed by atoms with E-state index in [1.807, 2.05) is 4.90 Å². The predicted octanol–water partition coefficient (Wildman–Crippen LogP) is 1.79. The van der Waals surface area contributed by atoms with Crippen LogP contribution in [0.5, 0.6) is 0 Å². The fourth-order valence-electron chi connectivity index (χ4n) is 1.64. The van der Waals surface area contributed by atoms with Gasteiger partial charge in [0.15, 0.2) is 0 Å². The predicted molar refractivity (Wildman–Crippen MR) is 54.4 cm³/mol. The molecule has 1 aliphatic rings. The second kappa shape index (κ2) is 4.00. The molecule has 0 aromatic heterocycles. The van der Waals surface area contributed by atoms with Gasteiger partial charge in [-0.05, 0) is 11.8 Å². The summed E-state index contributed by atoms with van der Waals surface area (Å²) >= 11 is 0. The highest BCUT2D eigenvalue weighted by Crippen LogP contribution is 2.25. The molecule has 0 aromatic carbocycles. The van der Waals surface area contributed by atoms with Gasteiger partial charge in [-0.15, -0.1) is 0 Å². The van der Waals surface area contributed by atoms with Crippen molar-refractivity contribution in [3.63, 3.8) is 0 Å². The van der Waals surface area contributed by atoms with Gasteiger partial charge in [0.1, 0.15) is 0 Å². The van der Waals surface area contributed by atoms with Gasteiger partial charge >= 0.3 is 0 Å². The van der Waals surface area contributed by atoms with E-state index in [2.05, 4.69) is 26.8 Å². The van der Waals surface area contributed by atoms with Crippen LogP contribution in [0.25, 0.3) is 0 Å². The van der Waals surface area contributed by atoms with Crippen LogP contribution in [0.3, 0.4) is 0 Å². The summed E-state index contributed by atoms with van der Waals surface area (Å²) < 4.78 is 0. The largest absolute Gasteiger partial charge is 0.341 e. The molecule has 78 valence electrons. The summed E-state index contributed by atoms with van der Waals surface area (Å²) in [5.74, 6) is 0.0493. The van der Waals surface area contributed by atoms with E-state index in [4.69, 9.17) is 5.26 Å². The number of carbonyl (C=O) groups excluding carboxylic acids is 1. The average Bonchev–Trinajstić information content (AvgIpc) is 2.47. The van der Waals surface area contributed by atoms with Crippen LogP contribution in [-0.4, -0.2) is 23.9 Å². The lowest BCUT2D eigenvalue weighted by Gasteiger charge is -2.28. The topological polar surface area (TPSA) is 44.1 Å². The summed E-state index contributed by atoms with van der Waals surface area (Å²) in [7, 11) is 0. The number of hydrogen-bond acceptors (Lipinski definition) is 2. The first-order valence-corrected chi connectivity index (χ1v) is 5.16. The lowest BCUT2D eigenvalue weighted by atomic mass is 9.90. The van der Waals surface area contributed by atoms with Crippen LogP contribution in [0, 0.1) is 22.7 Å². The Bertz CT molecular complexity index is 265. The monoisotopic (exact) mass is 194 g/mol. The molecule has 3 heteroatoms. The second-order valence-corrected chi connectivity index (χ2v) is 4.82. The highest BCUT2D eigenvalue weighted by Gasteiger charge is 2.32. The van der Waals surface area contributed by atoms with Crippen LogP contribution < -0.4 is 0 Å². The molecule has 1 atom stereocenters. The van der Waals surface area contributed by atoms with Gasteiger partial charge in [0.05, 0.1) is 12.0 Å². The van der Waals surface area contributed by atoms with Crippen molar-refractivity contribution in [1.82, 2.24) is 4.90 Å². The van der Waals surface area contributed by atoms with Gasteiger partial charge in [0, 0.05) is 19.5 Å². The minimum atomic E-state index is -0.0878. The summed E-state index contributed by atoms with van der Waals surface area (Å²) in [5.41, 5.74) is 0.167. The molecule has 14 heavy (non-hydrogen) atoms. The normalized spacial score (nSPS) is 22.6. The quantitative estimate of drug-likeness (QED) is 0.687. The molecule has 1 fully saturated rings. The van der Waals surface area contributed by atoms with Crippen LogP contribution >= 0.6 is 0 Å². The van der Waals surface area contributed by atoms with E-state index in [9.17, 15) is 4.79 Å². The Morgan fingerprint density at radius 2 is 2.29 bits per heavy atom. The maximum atomic E-state index is 11.5. The number of likely N-dealkylation sites (tertiary alicyclic amines) is 1. The second-order valence-electron chi connectivity index (χ2n) is 4.82. The van der Waals surface area contributed by atoms with Crippen molar-refractivity contribution in [3.05, 3.63) is 0 Å². The van der Waals surface area contributed by atoms with Gasteiger partial charge in [0.2, 0.25) is 5.91 Å². The zero-order chi connectivity index (χ0) is 10.8. The summed E-state index contributed by atoms with van der Waals surface area (Å²) in [6, 6.07) is 2.17. The van der Waals surface area contributed by atoms with Crippen LogP contribution in [0.4, 0.5) is 0 Å². The molecule has 0 bridgehead atoms. The Hall–Kier alpha value is -1.04. The first kappa shape index (κ1) is 11.0. The van der Waals surface area contributed by atoms with E-state index in [0.717, 1.165) is 13.0 Å². The van der Waals surface area contributed by atoms with E-state index < -0.39 is 0 Å². The number of carbonyl (C=O) groups is 1. The summed E-state index contributed by atoms with van der Waals surface area (Å²) in [5, 5.41) is 8.73. The Morgan fingerprint density at radius 1 is 1.64 bits per heavy atom. The van der Waals surface area contributed by atoms with E-state index in [0.29, 0.717) is 13.0 Å². The van der Waals surface area contributed by atoms with E-state index >= 15 is 0 Å². The zero-order valence-corrected chi connectivity index (χ0v) is 9.21. The minimum absolute atomic E-state index is 0.0878. The fraction of sp³-hybridized carbons (Fsp3) is 0.818. The molecule has 0 aliphatic carbocycles. The third kappa shape index (κ3) is 2.47. The highest BCUT2D eigenvalue weighted by atomic mass is 16.2. The summed E-state index contributed by atoms with van der Waals surface area (Å²) in [6.45, 7) is 7.83. The zero-order valence-electron chi connectivity index (χ0n) is 9.21. The number of nitrogens with zero attached hydrogens (tertiary/aromatic N) is 2. The molecule has 3 nitrogen and oxygen atoms in total. The van der Waals surface area contributed by atoms with Gasteiger partial charge in [-0.25, -0.2) is 0 Å². The van der Waals surface area contributed by atoms with Crippen LogP contribution in [-0.2, 0) is 4.79 Å². The van der Waals surface area contributed by atoms with Crippen molar-refractivity contribution in [2.75, 3.05) is 13.1 Å². The fourth-order valence-corrected chi connectivity index (χ4v) is 1.64. The van der Waals surface area contributed by atoms with Gasteiger partial charge < -0.3 is 4.90 Å². The lowest BCUT2D eigenvalue weighted by molar-refractivity contribution is -0.128. The van der Waals surface area contributed by atoms with Crippen LogP contribution in [0.15, 0.2) is 0 Å². The van der Waals surface area contributed by atoms with Crippen LogP contribution in [0.1, 0.15) is 33.6 Å². The molecular weight excluding hydrogens is 176 g/mol. The molecule has 0 radical (unpaired) electrons. The highest BCUT2D eigenvalue weighted by molar-refractivity contribution is 5.79. The Morgan fingerprint density at radius 3 is 2.71 bits per heavy atom. The van der Waals surface area contributed by atoms with Crippen molar-refractivity contribution in [2.45, 2.75) is 33.6 Å². The molecular formula is C11H18N2O. The Balaban J connectivity index is 2.56. The van der Waals surface area contributed by atoms with Crippen molar-refractivity contribution in [1.29, 1.82) is 5.26 Å². The van der Waals surface area contributed by atoms with Crippen molar-refractivity contribution in [3.8, 4) is 6.07 Å². The molecule has 0 N–H and O–H groups in total. The smallest absolute Gasteiger partial charge is 0.224 e. The Kier molecular flexibility index (Phi) is 3.15. The number of rotatable bonds is 3. The van der Waals surface area contributed by atoms with Crippen LogP contribution in [0.2, 0.25) is 0 Å². The molecule has 1 saturated heterocycles. The minimum Gasteiger partial charge on any atom is -0.341 e. The van der Waals surface area contributed by atoms with Crippen molar-refractivity contribution < 1.29 is 4.79 Å². The molecule has 0 aromatic rings. The van der Waals surface area contributed by atoms with Gasteiger partial charge in [-0.1, -0.05) is 20.8 Å². The Labute approximate surface area is 85.7 Å². The van der Waals surface area contributed by atoms with E-state index in [1.54, 1.807) is 0 Å². The first-order valence-electron chi connectivity index (χ1n) is 5.16. The number of amides is 1. The van der Waals surface area contributed by atoms with Crippen molar-refractivity contribution >= 4 is 5.91 Å². The first-order chi connectivity index (χ1) is 6.48. The third-order valence-electron chi connectivity index (χ3n) is 2.97. The molecule has 1 unspecified atom stereocenters. The molecule has 1 aliphatic heterocycles. The van der Waals surface area contributed by atoms with E-state index in [-0.39, 0.29) is 17.2 Å². The SMILES string of the molecule is CCC(C)(C)CN1CC(C#N)CC1=O. The molecule has 1 rings (SSSR count). The molecule has 0 saturated carbocycles. The van der Waals surface area contributed by atoms with Gasteiger partial charge in [0.25, 0.3) is 0 Å². The average molecular weight is 194 g/mol. The summed E-state index contributed by atoms with van der Waals surface area (Å²) in [6.07, 6.45) is 1.46. The maximum Gasteiger partial charge on any atom is 0.224 e. The lowest BCUT2D eigenvalue weighted by Crippen LogP contribution is -2.35. The molecule has 1 heterocycles. The third-order valence-corrected chi connectivity index (χ3v) is 2.97. The van der Waals surface area contributed by atoms with Gasteiger partial charge in [-0.3, -0.25) is 4.79 Å². The standard InChI is InChI=1S/C11H18N2O/c1-4-11(2,3)8-13-7-9(6-12)5-10(13)14/h9H,4-5,7-8H2,1-3H3.